The van der Waals surface area contributed by atoms with Gasteiger partial charge in [-0.3, -0.25) is 4.99 Å². The average molecular weight is 85.0 g/mol. The molecule has 2 heteroatoms. The number of aliphatic imine (C=N–C) groups is 1. The number of hydrogen-bond acceptors (Lipinski definition) is 1. The summed E-state index contributed by atoms with van der Waals surface area (Å²) < 4.78 is 0. The second-order valence-corrected chi connectivity index (χ2v) is 1.77. The van der Waals surface area contributed by atoms with Crippen molar-refractivity contribution in [2.45, 2.75) is 0 Å². The van der Waals surface area contributed by atoms with Crippen molar-refractivity contribution in [3.05, 3.63) is 0 Å². The molecular formula is C3H4NP. The minimum Gasteiger partial charge on any atom is -0.264 e. The van der Waals surface area contributed by atoms with Gasteiger partial charge in [-0.05, 0) is 0 Å². The Morgan fingerprint density at radius 2 is 2.80 bits per heavy atom. The van der Waals surface area contributed by atoms with E-state index in [0.717, 1.165) is 6.16 Å². The van der Waals surface area contributed by atoms with E-state index in [0.29, 0.717) is 0 Å². The molecule has 1 heterocycles. The molecular weight excluding hydrogens is 81.0 g/mol. The number of hydrogen-bond donors (Lipinski definition) is 0. The summed E-state index contributed by atoms with van der Waals surface area (Å²) in [6.07, 6.45) is 3.04. The highest BCUT2D eigenvalue weighted by molar-refractivity contribution is 7.40. The lowest BCUT2D eigenvalue weighted by atomic mass is 10.9. The van der Waals surface area contributed by atoms with E-state index in [1.165, 1.54) is 8.20 Å². The molecule has 0 saturated heterocycles. The lowest BCUT2D eigenvalue weighted by Crippen LogP contribution is -1.60. The number of nitrogens with zero attached hydrogens (tertiary/aromatic N) is 1. The molecule has 1 nitrogen and oxygen atoms in total. The van der Waals surface area contributed by atoms with Crippen LogP contribution in [0.15, 0.2) is 4.99 Å². The summed E-state index contributed by atoms with van der Waals surface area (Å²) in [5, 5.41) is 0. The van der Waals surface area contributed by atoms with Crippen molar-refractivity contribution < 1.29 is 0 Å². The molecule has 0 unspecified atom stereocenters. The molecule has 0 aromatic heterocycles. The maximum Gasteiger partial charge on any atom is 0.0495 e. The van der Waals surface area contributed by atoms with E-state index in [1.807, 2.05) is 12.1 Å². The summed E-state index contributed by atoms with van der Waals surface area (Å²) in [4.78, 5) is 3.82. The van der Waals surface area contributed by atoms with Crippen LogP contribution >= 0.6 is 8.20 Å². The second kappa shape index (κ2) is 1.32. The summed E-state index contributed by atoms with van der Waals surface area (Å²) in [5.41, 5.74) is 0. The summed E-state index contributed by atoms with van der Waals surface area (Å²) in [6, 6.07) is 0. The van der Waals surface area contributed by atoms with E-state index in [1.54, 1.807) is 0 Å². The first-order valence-electron chi connectivity index (χ1n) is 1.50. The van der Waals surface area contributed by atoms with Gasteiger partial charge in [-0.1, -0.05) is 8.20 Å². The van der Waals surface area contributed by atoms with Gasteiger partial charge in [0, 0.05) is 18.3 Å². The smallest absolute Gasteiger partial charge is 0.0495 e. The third-order valence-corrected chi connectivity index (χ3v) is 1.11. The van der Waals surface area contributed by atoms with Crippen LogP contribution in [0.2, 0.25) is 0 Å². The summed E-state index contributed by atoms with van der Waals surface area (Å²) >= 11 is 0. The van der Waals surface area contributed by atoms with E-state index >= 15 is 0 Å². The Kier molecular flexibility index (Phi) is 0.806. The van der Waals surface area contributed by atoms with Gasteiger partial charge in [-0.25, -0.2) is 0 Å². The maximum absolute atomic E-state index is 3.82. The highest BCUT2D eigenvalue weighted by atomic mass is 31.1. The molecule has 5 heavy (non-hydrogen) atoms. The summed E-state index contributed by atoms with van der Waals surface area (Å²) in [6.45, 7) is 0. The SMILES string of the molecule is C1=NC=PC1. The molecule has 1 aliphatic heterocycles. The van der Waals surface area contributed by atoms with Crippen molar-refractivity contribution in [1.82, 2.24) is 0 Å². The van der Waals surface area contributed by atoms with Crippen LogP contribution in [0.3, 0.4) is 0 Å². The van der Waals surface area contributed by atoms with E-state index in [-0.39, 0.29) is 0 Å². The van der Waals surface area contributed by atoms with E-state index < -0.39 is 0 Å². The van der Waals surface area contributed by atoms with Crippen LogP contribution in [0.25, 0.3) is 0 Å². The quantitative estimate of drug-likeness (QED) is 0.385. The zero-order chi connectivity index (χ0) is 3.54. The van der Waals surface area contributed by atoms with Crippen molar-refractivity contribution in [3.8, 4) is 0 Å². The predicted molar refractivity (Wildman–Crippen MR) is 26.3 cm³/mol. The van der Waals surface area contributed by atoms with Gasteiger partial charge in [0.15, 0.2) is 0 Å². The van der Waals surface area contributed by atoms with Gasteiger partial charge >= 0.3 is 0 Å². The standard InChI is InChI=1S/C3H4NP/c1-2-5-3-4-1/h1,3H,2H2. The third kappa shape index (κ3) is 0.555. The van der Waals surface area contributed by atoms with Crippen LogP contribution in [0.4, 0.5) is 0 Å². The highest BCUT2D eigenvalue weighted by Crippen LogP contribution is 1.94. The van der Waals surface area contributed by atoms with Gasteiger partial charge in [0.1, 0.15) is 0 Å². The first kappa shape index (κ1) is 3.05. The van der Waals surface area contributed by atoms with Gasteiger partial charge in [0.05, 0.1) is 0 Å². The van der Waals surface area contributed by atoms with Crippen LogP contribution < -0.4 is 0 Å². The molecule has 0 aromatic rings. The fourth-order valence-corrected chi connectivity index (χ4v) is 0.707. The van der Waals surface area contributed by atoms with E-state index in [2.05, 4.69) is 4.99 Å². The molecule has 26 valence electrons. The zero-order valence-electron chi connectivity index (χ0n) is 2.76. The molecule has 0 spiro atoms. The Balaban J connectivity index is 2.61. The molecule has 1 aliphatic rings. The van der Waals surface area contributed by atoms with Crippen LogP contribution in [-0.2, 0) is 0 Å². The van der Waals surface area contributed by atoms with Gasteiger partial charge in [0.2, 0.25) is 0 Å². The van der Waals surface area contributed by atoms with Crippen LogP contribution in [0.5, 0.6) is 0 Å². The summed E-state index contributed by atoms with van der Waals surface area (Å²) in [7, 11) is 1.34. The Hall–Kier alpha value is -0.160. The molecule has 0 radical (unpaired) electrons. The monoisotopic (exact) mass is 85.0 g/mol. The molecule has 1 rings (SSSR count). The lowest BCUT2D eigenvalue weighted by molar-refractivity contribution is 1.86. The Morgan fingerprint density at radius 1 is 1.80 bits per heavy atom. The molecule has 0 bridgehead atoms. The van der Waals surface area contributed by atoms with Crippen molar-refractivity contribution in [3.63, 3.8) is 0 Å². The largest absolute Gasteiger partial charge is 0.264 e. The summed E-state index contributed by atoms with van der Waals surface area (Å²) in [5.74, 6) is 1.90. The fourth-order valence-electron chi connectivity index (χ4n) is 0.236. The van der Waals surface area contributed by atoms with Crippen LogP contribution in [0, 0.1) is 0 Å². The maximum atomic E-state index is 3.82. The molecule has 0 atom stereocenters. The molecule has 0 aromatic carbocycles. The number of rotatable bonds is 0. The average Bonchev–Trinajstić information content (AvgIpc) is 1.76. The van der Waals surface area contributed by atoms with Gasteiger partial charge < -0.3 is 0 Å². The van der Waals surface area contributed by atoms with Crippen LogP contribution in [-0.4, -0.2) is 18.3 Å². The van der Waals surface area contributed by atoms with Gasteiger partial charge in [0.25, 0.3) is 0 Å². The third-order valence-electron chi connectivity index (χ3n) is 0.441. The minimum absolute atomic E-state index is 1.12. The van der Waals surface area contributed by atoms with E-state index in [9.17, 15) is 0 Å². The first-order valence-corrected chi connectivity index (χ1v) is 2.65. The van der Waals surface area contributed by atoms with Crippen molar-refractivity contribution >= 4 is 20.3 Å². The zero-order valence-corrected chi connectivity index (χ0v) is 3.65. The normalized spacial score (nSPS) is 20.8. The molecule has 0 N–H and O–H groups in total. The van der Waals surface area contributed by atoms with Gasteiger partial charge in [-0.15, -0.1) is 0 Å². The first-order chi connectivity index (χ1) is 2.50. The molecule has 0 saturated carbocycles. The molecule has 0 fully saturated rings. The lowest BCUT2D eigenvalue weighted by Gasteiger charge is -1.53. The highest BCUT2D eigenvalue weighted by Gasteiger charge is 1.74. The predicted octanol–water partition coefficient (Wildman–Crippen LogP) is 0.777. The van der Waals surface area contributed by atoms with Crippen LogP contribution in [0.1, 0.15) is 0 Å². The van der Waals surface area contributed by atoms with Crippen molar-refractivity contribution in [1.29, 1.82) is 0 Å². The van der Waals surface area contributed by atoms with Crippen molar-refractivity contribution in [2.75, 3.05) is 6.16 Å². The van der Waals surface area contributed by atoms with Gasteiger partial charge in [-0.2, -0.15) is 0 Å². The minimum atomic E-state index is 1.12. The van der Waals surface area contributed by atoms with Crippen molar-refractivity contribution in [2.24, 2.45) is 4.99 Å². The molecule has 0 amide bonds. The molecule has 0 aliphatic carbocycles. The fraction of sp³-hybridized carbons (Fsp3) is 0.333. The Labute approximate surface area is 32.5 Å². The topological polar surface area (TPSA) is 12.4 Å². The van der Waals surface area contributed by atoms with E-state index in [4.69, 9.17) is 0 Å². The Bertz CT molecular complexity index is 65.0. The Morgan fingerprint density at radius 3 is 3.00 bits per heavy atom. The second-order valence-electron chi connectivity index (χ2n) is 0.812.